The van der Waals surface area contributed by atoms with Crippen LogP contribution >= 0.6 is 0 Å². The fraction of sp³-hybridized carbons (Fsp3) is 0.500. The topological polar surface area (TPSA) is 38.8 Å². The number of hydrogen-bond acceptors (Lipinski definition) is 4. The van der Waals surface area contributed by atoms with Crippen LogP contribution < -0.4 is 0 Å². The van der Waals surface area contributed by atoms with Crippen molar-refractivity contribution in [3.63, 3.8) is 0 Å². The van der Waals surface area contributed by atoms with E-state index >= 15 is 0 Å². The summed E-state index contributed by atoms with van der Waals surface area (Å²) in [7, 11) is 0. The normalized spacial score (nSPS) is 18.0. The highest BCUT2D eigenvalue weighted by Gasteiger charge is 2.17. The number of hydrogen-bond donors (Lipinski definition) is 0. The molecular formula is C14H18FNO3. The van der Waals surface area contributed by atoms with Gasteiger partial charge in [-0.15, -0.1) is 0 Å². The first kappa shape index (κ1) is 14.0. The summed E-state index contributed by atoms with van der Waals surface area (Å²) in [5.41, 5.74) is 0.371. The lowest BCUT2D eigenvalue weighted by Crippen LogP contribution is -2.41. The van der Waals surface area contributed by atoms with E-state index in [1.165, 1.54) is 24.3 Å². The molecule has 0 radical (unpaired) electrons. The molecule has 0 unspecified atom stereocenters. The lowest BCUT2D eigenvalue weighted by Gasteiger charge is -2.28. The van der Waals surface area contributed by atoms with Crippen molar-refractivity contribution in [2.75, 3.05) is 32.8 Å². The first-order valence-corrected chi connectivity index (χ1v) is 6.42. The van der Waals surface area contributed by atoms with Gasteiger partial charge in [0.15, 0.2) is 0 Å². The van der Waals surface area contributed by atoms with E-state index in [2.05, 4.69) is 4.90 Å². The van der Waals surface area contributed by atoms with E-state index in [1.54, 1.807) is 0 Å². The summed E-state index contributed by atoms with van der Waals surface area (Å²) in [5.74, 6) is -0.779. The van der Waals surface area contributed by atoms with Gasteiger partial charge in [-0.3, -0.25) is 4.90 Å². The van der Waals surface area contributed by atoms with Crippen LogP contribution in [0.15, 0.2) is 24.3 Å². The molecule has 0 spiro atoms. The van der Waals surface area contributed by atoms with E-state index in [0.717, 1.165) is 26.3 Å². The largest absolute Gasteiger partial charge is 0.458 e. The van der Waals surface area contributed by atoms with E-state index in [4.69, 9.17) is 9.47 Å². The molecule has 0 N–H and O–H groups in total. The summed E-state index contributed by atoms with van der Waals surface area (Å²) in [5, 5.41) is 0. The Bertz CT molecular complexity index is 415. The number of halogens is 1. The molecule has 1 aromatic carbocycles. The van der Waals surface area contributed by atoms with Crippen LogP contribution in [-0.4, -0.2) is 49.8 Å². The molecule has 104 valence electrons. The Kier molecular flexibility index (Phi) is 4.87. The summed E-state index contributed by atoms with van der Waals surface area (Å²) >= 11 is 0. The van der Waals surface area contributed by atoms with Crippen molar-refractivity contribution in [1.29, 1.82) is 0 Å². The molecule has 1 aliphatic rings. The van der Waals surface area contributed by atoms with Crippen LogP contribution in [0.25, 0.3) is 0 Å². The SMILES string of the molecule is C[C@H](CN1CCOCC1)OC(=O)c1ccc(F)cc1. The molecule has 1 aromatic rings. The van der Waals surface area contributed by atoms with E-state index in [1.807, 2.05) is 6.92 Å². The number of esters is 1. The lowest BCUT2D eigenvalue weighted by atomic mass is 10.2. The molecule has 0 saturated carbocycles. The van der Waals surface area contributed by atoms with Gasteiger partial charge >= 0.3 is 5.97 Å². The van der Waals surface area contributed by atoms with Crippen molar-refractivity contribution >= 4 is 5.97 Å². The molecule has 1 fully saturated rings. The maximum atomic E-state index is 12.8. The summed E-state index contributed by atoms with van der Waals surface area (Å²) in [6.45, 7) is 5.71. The predicted molar refractivity (Wildman–Crippen MR) is 68.5 cm³/mol. The molecule has 1 atom stereocenters. The predicted octanol–water partition coefficient (Wildman–Crippen LogP) is 1.70. The molecule has 0 aromatic heterocycles. The summed E-state index contributed by atoms with van der Waals surface area (Å²) in [4.78, 5) is 14.0. The number of morpholine rings is 1. The highest BCUT2D eigenvalue weighted by molar-refractivity contribution is 5.89. The standard InChI is InChI=1S/C14H18FNO3/c1-11(10-16-6-8-18-9-7-16)19-14(17)12-2-4-13(15)5-3-12/h2-5,11H,6-10H2,1H3/t11-/m1/s1. The quantitative estimate of drug-likeness (QED) is 0.778. The minimum atomic E-state index is -0.416. The van der Waals surface area contributed by atoms with Crippen molar-refractivity contribution in [2.45, 2.75) is 13.0 Å². The van der Waals surface area contributed by atoms with Gasteiger partial charge in [0.05, 0.1) is 18.8 Å². The fourth-order valence-electron chi connectivity index (χ4n) is 2.02. The smallest absolute Gasteiger partial charge is 0.338 e. The first-order chi connectivity index (χ1) is 9.15. The zero-order chi connectivity index (χ0) is 13.7. The Hall–Kier alpha value is -1.46. The third kappa shape index (κ3) is 4.29. The van der Waals surface area contributed by atoms with Crippen molar-refractivity contribution in [3.8, 4) is 0 Å². The average molecular weight is 267 g/mol. The zero-order valence-electron chi connectivity index (χ0n) is 11.0. The monoisotopic (exact) mass is 267 g/mol. The van der Waals surface area contributed by atoms with Gasteiger partial charge < -0.3 is 9.47 Å². The minimum Gasteiger partial charge on any atom is -0.458 e. The Morgan fingerprint density at radius 2 is 2.00 bits per heavy atom. The third-order valence-corrected chi connectivity index (χ3v) is 3.01. The van der Waals surface area contributed by atoms with Crippen LogP contribution in [0.1, 0.15) is 17.3 Å². The van der Waals surface area contributed by atoms with Crippen LogP contribution in [0.4, 0.5) is 4.39 Å². The Morgan fingerprint density at radius 1 is 1.37 bits per heavy atom. The molecule has 0 bridgehead atoms. The van der Waals surface area contributed by atoms with Crippen LogP contribution in [0.5, 0.6) is 0 Å². The summed E-state index contributed by atoms with van der Waals surface area (Å²) in [6.07, 6.45) is -0.198. The van der Waals surface area contributed by atoms with Gasteiger partial charge in [0.2, 0.25) is 0 Å². The second-order valence-electron chi connectivity index (χ2n) is 4.64. The highest BCUT2D eigenvalue weighted by Crippen LogP contribution is 2.08. The van der Waals surface area contributed by atoms with Crippen molar-refractivity contribution in [2.24, 2.45) is 0 Å². The van der Waals surface area contributed by atoms with E-state index in [9.17, 15) is 9.18 Å². The van der Waals surface area contributed by atoms with Gasteiger partial charge in [-0.1, -0.05) is 0 Å². The van der Waals surface area contributed by atoms with Crippen molar-refractivity contribution in [1.82, 2.24) is 4.90 Å². The number of ether oxygens (including phenoxy) is 2. The molecule has 19 heavy (non-hydrogen) atoms. The van der Waals surface area contributed by atoms with Crippen molar-refractivity contribution < 1.29 is 18.7 Å². The number of nitrogens with zero attached hydrogens (tertiary/aromatic N) is 1. The van der Waals surface area contributed by atoms with Crippen molar-refractivity contribution in [3.05, 3.63) is 35.6 Å². The minimum absolute atomic E-state index is 0.198. The van der Waals surface area contributed by atoms with E-state index in [0.29, 0.717) is 12.1 Å². The number of carbonyl (C=O) groups is 1. The van der Waals surface area contributed by atoms with Gasteiger partial charge in [-0.05, 0) is 31.2 Å². The first-order valence-electron chi connectivity index (χ1n) is 6.42. The molecule has 1 saturated heterocycles. The molecule has 0 aliphatic carbocycles. The molecular weight excluding hydrogens is 249 g/mol. The van der Waals surface area contributed by atoms with Gasteiger partial charge in [0.1, 0.15) is 11.9 Å². The van der Waals surface area contributed by atoms with Crippen LogP contribution in [0.2, 0.25) is 0 Å². The summed E-state index contributed by atoms with van der Waals surface area (Å²) in [6, 6.07) is 5.37. The van der Waals surface area contributed by atoms with Crippen LogP contribution in [0, 0.1) is 5.82 Å². The third-order valence-electron chi connectivity index (χ3n) is 3.01. The highest BCUT2D eigenvalue weighted by atomic mass is 19.1. The lowest BCUT2D eigenvalue weighted by molar-refractivity contribution is 0.000446. The molecule has 2 rings (SSSR count). The Balaban J connectivity index is 1.82. The molecule has 1 heterocycles. The second-order valence-corrected chi connectivity index (χ2v) is 4.64. The second kappa shape index (κ2) is 6.63. The maximum absolute atomic E-state index is 12.8. The van der Waals surface area contributed by atoms with Crippen LogP contribution in [-0.2, 0) is 9.47 Å². The molecule has 4 nitrogen and oxygen atoms in total. The average Bonchev–Trinajstić information content (AvgIpc) is 2.40. The number of carbonyl (C=O) groups excluding carboxylic acids is 1. The fourth-order valence-corrected chi connectivity index (χ4v) is 2.02. The number of rotatable bonds is 4. The van der Waals surface area contributed by atoms with Gasteiger partial charge in [-0.2, -0.15) is 0 Å². The van der Waals surface area contributed by atoms with Gasteiger partial charge in [-0.25, -0.2) is 9.18 Å². The molecule has 0 amide bonds. The van der Waals surface area contributed by atoms with E-state index in [-0.39, 0.29) is 11.9 Å². The Labute approximate surface area is 112 Å². The zero-order valence-corrected chi connectivity index (χ0v) is 11.0. The molecule has 1 aliphatic heterocycles. The summed E-state index contributed by atoms with van der Waals surface area (Å²) < 4.78 is 23.3. The van der Waals surface area contributed by atoms with Crippen LogP contribution in [0.3, 0.4) is 0 Å². The molecule has 5 heteroatoms. The van der Waals surface area contributed by atoms with E-state index < -0.39 is 5.97 Å². The van der Waals surface area contributed by atoms with Gasteiger partial charge in [0, 0.05) is 19.6 Å². The Morgan fingerprint density at radius 3 is 2.63 bits per heavy atom. The number of benzene rings is 1. The maximum Gasteiger partial charge on any atom is 0.338 e. The van der Waals surface area contributed by atoms with Gasteiger partial charge in [0.25, 0.3) is 0 Å².